The Balaban J connectivity index is 1.18. The minimum absolute atomic E-state index is 0.0418. The number of nitrogens with zero attached hydrogens (tertiary/aromatic N) is 3. The predicted octanol–water partition coefficient (Wildman–Crippen LogP) is 8.08. The molecular weight excluding hydrogens is 615 g/mol. The Morgan fingerprint density at radius 2 is 1.85 bits per heavy atom. The molecule has 0 bridgehead atoms. The van der Waals surface area contributed by atoms with Crippen molar-refractivity contribution in [2.24, 2.45) is 5.41 Å². The zero-order chi connectivity index (χ0) is 32.1. The zero-order valence-corrected chi connectivity index (χ0v) is 27.6. The fourth-order valence-corrected chi connectivity index (χ4v) is 8.32. The van der Waals surface area contributed by atoms with Crippen molar-refractivity contribution in [1.82, 2.24) is 4.57 Å². The summed E-state index contributed by atoms with van der Waals surface area (Å²) in [6.45, 7) is 7.44. The topological polar surface area (TPSA) is 78.5 Å². The maximum Gasteiger partial charge on any atom is 0.263 e. The fourth-order valence-electron chi connectivity index (χ4n) is 6.57. The average Bonchev–Trinajstić information content (AvgIpc) is 3.68. The Labute approximate surface area is 273 Å². The van der Waals surface area contributed by atoms with Gasteiger partial charge < -0.3 is 18.8 Å². The number of thiazole rings is 1. The molecule has 7 nitrogen and oxygen atoms in total. The molecule has 0 unspecified atom stereocenters. The van der Waals surface area contributed by atoms with E-state index < -0.39 is 16.0 Å². The average molecular weight is 650 g/mol. The number of hydrogen-bond donors (Lipinski definition) is 0. The molecule has 0 saturated carbocycles. The zero-order valence-electron chi connectivity index (χ0n) is 26.0. The molecule has 46 heavy (non-hydrogen) atoms. The Kier molecular flexibility index (Phi) is 7.71. The van der Waals surface area contributed by atoms with E-state index in [9.17, 15) is 13.0 Å². The first kappa shape index (κ1) is 30.2. The summed E-state index contributed by atoms with van der Waals surface area (Å²) in [5.41, 5.74) is 6.44. The largest absolute Gasteiger partial charge is 0.743 e. The van der Waals surface area contributed by atoms with Crippen molar-refractivity contribution in [2.75, 3.05) is 11.4 Å². The molecular formula is C37H35N3O4S2. The van der Waals surface area contributed by atoms with Crippen LogP contribution in [0.3, 0.4) is 0 Å². The van der Waals surface area contributed by atoms with Crippen LogP contribution in [0.5, 0.6) is 5.75 Å². The lowest BCUT2D eigenvalue weighted by molar-refractivity contribution is -0.649. The van der Waals surface area contributed by atoms with Crippen LogP contribution in [-0.4, -0.2) is 24.1 Å². The van der Waals surface area contributed by atoms with E-state index in [0.29, 0.717) is 5.01 Å². The third kappa shape index (κ3) is 6.06. The van der Waals surface area contributed by atoms with Crippen LogP contribution >= 0.6 is 11.3 Å². The number of hydrogen-bond acceptors (Lipinski definition) is 6. The highest BCUT2D eigenvalue weighted by Crippen LogP contribution is 2.43. The number of benzene rings is 3. The van der Waals surface area contributed by atoms with Gasteiger partial charge in [-0.2, -0.15) is 4.57 Å². The van der Waals surface area contributed by atoms with Gasteiger partial charge in [0.2, 0.25) is 17.3 Å². The molecule has 0 spiro atoms. The number of ether oxygens (including phenoxy) is 1. The first-order valence-electron chi connectivity index (χ1n) is 15.4. The van der Waals surface area contributed by atoms with Crippen molar-refractivity contribution in [3.8, 4) is 11.4 Å². The van der Waals surface area contributed by atoms with Crippen LogP contribution in [0.2, 0.25) is 0 Å². The first-order chi connectivity index (χ1) is 22.1. The molecule has 3 heterocycles. The quantitative estimate of drug-likeness (QED) is 0.132. The monoisotopic (exact) mass is 649 g/mol. The van der Waals surface area contributed by atoms with Gasteiger partial charge in [0.05, 0.1) is 11.2 Å². The van der Waals surface area contributed by atoms with E-state index in [4.69, 9.17) is 4.74 Å². The third-order valence-corrected chi connectivity index (χ3v) is 10.1. The molecule has 234 valence electrons. The van der Waals surface area contributed by atoms with Crippen molar-refractivity contribution in [1.29, 1.82) is 0 Å². The lowest BCUT2D eigenvalue weighted by Crippen LogP contribution is -2.39. The highest BCUT2D eigenvalue weighted by molar-refractivity contribution is 7.84. The Bertz CT molecular complexity index is 2220. The highest BCUT2D eigenvalue weighted by atomic mass is 32.2. The minimum Gasteiger partial charge on any atom is -0.743 e. The molecule has 0 radical (unpaired) electrons. The highest BCUT2D eigenvalue weighted by Gasteiger charge is 2.29. The molecule has 0 fully saturated rings. The summed E-state index contributed by atoms with van der Waals surface area (Å²) in [6.07, 6.45) is 14.2. The molecule has 0 atom stereocenters. The van der Waals surface area contributed by atoms with Crippen molar-refractivity contribution < 1.29 is 22.3 Å². The van der Waals surface area contributed by atoms with Crippen molar-refractivity contribution in [3.63, 3.8) is 0 Å². The molecule has 7 rings (SSSR count). The van der Waals surface area contributed by atoms with Crippen LogP contribution in [0.15, 0.2) is 120 Å². The number of aromatic nitrogens is 2. The van der Waals surface area contributed by atoms with Crippen molar-refractivity contribution >= 4 is 54.3 Å². The molecule has 2 aromatic heterocycles. The van der Waals surface area contributed by atoms with Gasteiger partial charge in [-0.1, -0.05) is 73.7 Å². The second-order valence-corrected chi connectivity index (χ2v) is 15.0. The summed E-state index contributed by atoms with van der Waals surface area (Å²) in [5, 5.41) is 1.91. The maximum absolute atomic E-state index is 11.7. The second kappa shape index (κ2) is 11.7. The summed E-state index contributed by atoms with van der Waals surface area (Å²) >= 11 is 1.47. The van der Waals surface area contributed by atoms with E-state index in [-0.39, 0.29) is 5.41 Å². The molecule has 9 heteroatoms. The Hall–Kier alpha value is -4.44. The third-order valence-electron chi connectivity index (χ3n) is 8.43. The fraction of sp³-hybridized carbons (Fsp3) is 0.216. The van der Waals surface area contributed by atoms with E-state index in [0.717, 1.165) is 52.6 Å². The normalized spacial score (nSPS) is 18.2. The van der Waals surface area contributed by atoms with Gasteiger partial charge in [0.25, 0.3) is 5.01 Å². The van der Waals surface area contributed by atoms with E-state index in [1.165, 1.54) is 33.4 Å². The van der Waals surface area contributed by atoms with Crippen LogP contribution in [0.4, 0.5) is 5.69 Å². The second-order valence-electron chi connectivity index (χ2n) is 12.6. The molecule has 5 aromatic rings. The maximum atomic E-state index is 11.7. The van der Waals surface area contributed by atoms with E-state index in [2.05, 4.69) is 103 Å². The first-order valence-corrected chi connectivity index (χ1v) is 17.8. The smallest absolute Gasteiger partial charge is 0.263 e. The summed E-state index contributed by atoms with van der Waals surface area (Å²) in [5.74, 6) is 1.06. The van der Waals surface area contributed by atoms with E-state index in [1.807, 2.05) is 36.4 Å². The predicted molar refractivity (Wildman–Crippen MR) is 185 cm³/mol. The van der Waals surface area contributed by atoms with Gasteiger partial charge in [-0.15, -0.1) is 0 Å². The lowest BCUT2D eigenvalue weighted by atomic mass is 9.75. The minimum atomic E-state index is -4.45. The molecule has 3 aromatic carbocycles. The molecule has 1 aliphatic carbocycles. The number of fused-ring (bicyclic) bond motifs is 3. The van der Waals surface area contributed by atoms with Crippen LogP contribution < -0.4 is 14.2 Å². The van der Waals surface area contributed by atoms with E-state index in [1.54, 1.807) is 4.57 Å². The van der Waals surface area contributed by atoms with Gasteiger partial charge in [0.1, 0.15) is 4.70 Å². The molecule has 2 aliphatic rings. The van der Waals surface area contributed by atoms with Crippen LogP contribution in [0, 0.1) is 5.41 Å². The summed E-state index contributed by atoms with van der Waals surface area (Å²) < 4.78 is 46.1. The molecule has 0 N–H and O–H groups in total. The van der Waals surface area contributed by atoms with Gasteiger partial charge >= 0.3 is 0 Å². The van der Waals surface area contributed by atoms with Crippen molar-refractivity contribution in [3.05, 3.63) is 125 Å². The van der Waals surface area contributed by atoms with Crippen molar-refractivity contribution in [2.45, 2.75) is 39.5 Å². The summed E-state index contributed by atoms with van der Waals surface area (Å²) in [6, 6.07) is 24.4. The van der Waals surface area contributed by atoms with Crippen LogP contribution in [0.25, 0.3) is 32.9 Å². The van der Waals surface area contributed by atoms with Crippen LogP contribution in [-0.2, 0) is 16.0 Å². The number of rotatable bonds is 7. The van der Waals surface area contributed by atoms with Crippen LogP contribution in [0.1, 0.15) is 38.6 Å². The number of allylic oxidation sites excluding steroid dienone is 6. The van der Waals surface area contributed by atoms with Gasteiger partial charge in [-0.25, -0.2) is 8.42 Å². The Morgan fingerprint density at radius 1 is 1.04 bits per heavy atom. The van der Waals surface area contributed by atoms with Gasteiger partial charge in [0.15, 0.2) is 15.9 Å². The van der Waals surface area contributed by atoms with E-state index >= 15 is 0 Å². The number of anilines is 1. The Morgan fingerprint density at radius 3 is 2.67 bits per heavy atom. The molecule has 1 aliphatic heterocycles. The van der Waals surface area contributed by atoms with Gasteiger partial charge in [0, 0.05) is 36.6 Å². The number of para-hydroxylation sites is 2. The van der Waals surface area contributed by atoms with Gasteiger partial charge in [-0.05, 0) is 78.1 Å². The SMILES string of the molecule is CCN1/C(=C/C2=CC(=C\C=C\c3sc4ccccc4[n+]3CS(=O)(=O)[O-])/CC(C)(C)C2)Oc2ccc(-n3ccc4ccccc43)cc21. The van der Waals surface area contributed by atoms with Gasteiger partial charge in [-0.3, -0.25) is 0 Å². The molecule has 0 amide bonds. The standard InChI is InChI=1S/C37H35N3O4S2/c1-4-38-32-22-29(39-19-18-28-11-5-6-12-30(28)39)16-17-33(32)44-35(38)21-27-20-26(23-37(2,3)24-27)10-9-15-36-40(25-46(41,42)43)31-13-7-8-14-34(31)45-36/h5-22H,4,23-25H2,1-3H3. The molecule has 0 saturated heterocycles. The summed E-state index contributed by atoms with van der Waals surface area (Å²) in [4.78, 5) is 2.22. The summed E-state index contributed by atoms with van der Waals surface area (Å²) in [7, 11) is -4.45. The lowest BCUT2D eigenvalue weighted by Gasteiger charge is -2.30.